The van der Waals surface area contributed by atoms with Gasteiger partial charge < -0.3 is 10.1 Å². The summed E-state index contributed by atoms with van der Waals surface area (Å²) < 4.78 is 5.37. The van der Waals surface area contributed by atoms with Crippen LogP contribution in [0.2, 0.25) is 0 Å². The first-order chi connectivity index (χ1) is 10.2. The number of rotatable bonds is 2. The number of benzene rings is 1. The normalized spacial score (nSPS) is 22.2. The van der Waals surface area contributed by atoms with Crippen molar-refractivity contribution in [3.8, 4) is 0 Å². The summed E-state index contributed by atoms with van der Waals surface area (Å²) in [6.07, 6.45) is 4.11. The molecule has 0 aliphatic heterocycles. The number of nitrogens with one attached hydrogen (secondary N) is 1. The van der Waals surface area contributed by atoms with Gasteiger partial charge >= 0.3 is 6.09 Å². The minimum absolute atomic E-state index is 0.217. The number of alkyl carbamates (subject to hydrolysis) is 1. The first-order valence-corrected chi connectivity index (χ1v) is 8.30. The topological polar surface area (TPSA) is 38.3 Å². The van der Waals surface area contributed by atoms with E-state index in [1.807, 2.05) is 20.8 Å². The van der Waals surface area contributed by atoms with Crippen LogP contribution in [0.15, 0.2) is 18.2 Å². The summed E-state index contributed by atoms with van der Waals surface area (Å²) in [5, 5.41) is 3.04. The minimum atomic E-state index is -0.439. The quantitative estimate of drug-likeness (QED) is 0.847. The van der Waals surface area contributed by atoms with Gasteiger partial charge in [0.1, 0.15) is 5.60 Å². The number of aryl methyl sites for hydroxylation is 2. The molecule has 1 N–H and O–H groups in total. The van der Waals surface area contributed by atoms with Crippen molar-refractivity contribution in [2.45, 2.75) is 77.9 Å². The van der Waals surface area contributed by atoms with Gasteiger partial charge in [0, 0.05) is 6.04 Å². The van der Waals surface area contributed by atoms with Crippen LogP contribution in [0, 0.1) is 13.8 Å². The molecule has 2 atom stereocenters. The van der Waals surface area contributed by atoms with Gasteiger partial charge in [-0.2, -0.15) is 0 Å². The van der Waals surface area contributed by atoms with Gasteiger partial charge in [-0.05, 0) is 65.4 Å². The van der Waals surface area contributed by atoms with Crippen molar-refractivity contribution < 1.29 is 9.53 Å². The lowest BCUT2D eigenvalue weighted by Gasteiger charge is -2.31. The molecule has 122 valence electrons. The lowest BCUT2D eigenvalue weighted by Crippen LogP contribution is -2.41. The molecular weight excluding hydrogens is 274 g/mol. The Morgan fingerprint density at radius 3 is 2.36 bits per heavy atom. The van der Waals surface area contributed by atoms with E-state index in [9.17, 15) is 4.79 Å². The van der Waals surface area contributed by atoms with Crippen molar-refractivity contribution in [1.82, 2.24) is 5.32 Å². The van der Waals surface area contributed by atoms with Crippen molar-refractivity contribution in [1.29, 1.82) is 0 Å². The first-order valence-electron chi connectivity index (χ1n) is 8.30. The van der Waals surface area contributed by atoms with Crippen LogP contribution in [-0.2, 0) is 4.74 Å². The van der Waals surface area contributed by atoms with Crippen molar-refractivity contribution >= 4 is 6.09 Å². The van der Waals surface area contributed by atoms with E-state index in [1.165, 1.54) is 23.1 Å². The predicted octanol–water partition coefficient (Wildman–Crippen LogP) is 4.85. The maximum absolute atomic E-state index is 11.9. The smallest absolute Gasteiger partial charge is 0.407 e. The van der Waals surface area contributed by atoms with Crippen LogP contribution in [0.5, 0.6) is 0 Å². The van der Waals surface area contributed by atoms with E-state index in [2.05, 4.69) is 37.4 Å². The molecule has 3 nitrogen and oxygen atoms in total. The van der Waals surface area contributed by atoms with Gasteiger partial charge in [-0.3, -0.25) is 0 Å². The second kappa shape index (κ2) is 6.72. The molecule has 3 heteroatoms. The maximum atomic E-state index is 11.9. The molecule has 2 rings (SSSR count). The number of ether oxygens (including phenoxy) is 1. The first kappa shape index (κ1) is 16.9. The molecule has 0 unspecified atom stereocenters. The summed E-state index contributed by atoms with van der Waals surface area (Å²) in [5.74, 6) is 0.535. The Kier molecular flexibility index (Phi) is 5.15. The molecule has 0 bridgehead atoms. The van der Waals surface area contributed by atoms with Crippen LogP contribution in [0.4, 0.5) is 4.79 Å². The summed E-state index contributed by atoms with van der Waals surface area (Å²) in [7, 11) is 0. The Morgan fingerprint density at radius 1 is 1.14 bits per heavy atom. The molecule has 0 heterocycles. The van der Waals surface area contributed by atoms with Gasteiger partial charge in [0.05, 0.1) is 0 Å². The summed E-state index contributed by atoms with van der Waals surface area (Å²) in [4.78, 5) is 11.9. The Balaban J connectivity index is 1.98. The second-order valence-corrected chi connectivity index (χ2v) is 7.63. The van der Waals surface area contributed by atoms with E-state index in [1.54, 1.807) is 0 Å². The molecule has 0 saturated heterocycles. The highest BCUT2D eigenvalue weighted by Gasteiger charge is 2.26. The van der Waals surface area contributed by atoms with Crippen LogP contribution < -0.4 is 5.32 Å². The van der Waals surface area contributed by atoms with E-state index in [0.29, 0.717) is 5.92 Å². The molecule has 1 aromatic carbocycles. The Bertz CT molecular complexity index is 510. The molecule has 0 spiro atoms. The van der Waals surface area contributed by atoms with Crippen LogP contribution in [0.3, 0.4) is 0 Å². The zero-order chi connectivity index (χ0) is 16.3. The third-order valence-corrected chi connectivity index (χ3v) is 4.11. The fraction of sp³-hybridized carbons (Fsp3) is 0.632. The monoisotopic (exact) mass is 303 g/mol. The zero-order valence-corrected chi connectivity index (χ0v) is 14.5. The highest BCUT2D eigenvalue weighted by Crippen LogP contribution is 2.33. The van der Waals surface area contributed by atoms with Gasteiger partial charge in [-0.25, -0.2) is 4.79 Å². The van der Waals surface area contributed by atoms with Crippen molar-refractivity contribution in [3.05, 3.63) is 34.9 Å². The molecule has 1 aromatic rings. The molecule has 0 aromatic heterocycles. The minimum Gasteiger partial charge on any atom is -0.444 e. The summed E-state index contributed by atoms with van der Waals surface area (Å²) >= 11 is 0. The highest BCUT2D eigenvalue weighted by molar-refractivity contribution is 5.68. The van der Waals surface area contributed by atoms with Crippen LogP contribution >= 0.6 is 0 Å². The summed E-state index contributed by atoms with van der Waals surface area (Å²) in [6, 6.07) is 7.00. The molecular formula is C19H29NO2. The highest BCUT2D eigenvalue weighted by atomic mass is 16.6. The number of amides is 1. The Labute approximate surface area is 134 Å². The number of hydrogen-bond donors (Lipinski definition) is 1. The van der Waals surface area contributed by atoms with Crippen LogP contribution in [0.25, 0.3) is 0 Å². The van der Waals surface area contributed by atoms with E-state index in [-0.39, 0.29) is 12.1 Å². The Morgan fingerprint density at radius 2 is 1.77 bits per heavy atom. The molecule has 1 saturated carbocycles. The fourth-order valence-electron chi connectivity index (χ4n) is 3.34. The lowest BCUT2D eigenvalue weighted by atomic mass is 9.80. The summed E-state index contributed by atoms with van der Waals surface area (Å²) in [5.41, 5.74) is 3.61. The maximum Gasteiger partial charge on any atom is 0.407 e. The van der Waals surface area contributed by atoms with Crippen molar-refractivity contribution in [2.24, 2.45) is 0 Å². The third-order valence-electron chi connectivity index (χ3n) is 4.11. The lowest BCUT2D eigenvalue weighted by molar-refractivity contribution is 0.0490. The van der Waals surface area contributed by atoms with Crippen LogP contribution in [0.1, 0.15) is 69.1 Å². The van der Waals surface area contributed by atoms with E-state index in [4.69, 9.17) is 4.74 Å². The van der Waals surface area contributed by atoms with Gasteiger partial charge in [0.25, 0.3) is 0 Å². The van der Waals surface area contributed by atoms with Crippen LogP contribution in [-0.4, -0.2) is 17.7 Å². The zero-order valence-electron chi connectivity index (χ0n) is 14.5. The van der Waals surface area contributed by atoms with Gasteiger partial charge in [-0.1, -0.05) is 35.7 Å². The largest absolute Gasteiger partial charge is 0.444 e. The van der Waals surface area contributed by atoms with E-state index >= 15 is 0 Å². The second-order valence-electron chi connectivity index (χ2n) is 7.63. The van der Waals surface area contributed by atoms with Gasteiger partial charge in [0.15, 0.2) is 0 Å². The molecule has 1 fully saturated rings. The molecule has 1 aliphatic carbocycles. The average Bonchev–Trinajstić information content (AvgIpc) is 2.35. The summed E-state index contributed by atoms with van der Waals surface area (Å²) in [6.45, 7) is 9.98. The average molecular weight is 303 g/mol. The number of carbonyl (C=O) groups is 1. The SMILES string of the molecule is Cc1cc(C)cc([C@H]2CCC[C@@H](NC(=O)OC(C)(C)C)C2)c1. The standard InChI is InChI=1S/C19H29NO2/c1-13-9-14(2)11-16(10-13)15-7-6-8-17(12-15)20-18(21)22-19(3,4)5/h9-11,15,17H,6-8,12H2,1-5H3,(H,20,21)/t15-,17+/m0/s1. The predicted molar refractivity (Wildman–Crippen MR) is 90.3 cm³/mol. The van der Waals surface area contributed by atoms with Gasteiger partial charge in [-0.15, -0.1) is 0 Å². The van der Waals surface area contributed by atoms with E-state index < -0.39 is 5.60 Å². The number of carbonyl (C=O) groups excluding carboxylic acids is 1. The number of hydrogen-bond acceptors (Lipinski definition) is 2. The van der Waals surface area contributed by atoms with Crippen molar-refractivity contribution in [2.75, 3.05) is 0 Å². The molecule has 1 aliphatic rings. The fourth-order valence-corrected chi connectivity index (χ4v) is 3.34. The van der Waals surface area contributed by atoms with Crippen molar-refractivity contribution in [3.63, 3.8) is 0 Å². The molecule has 1 amide bonds. The van der Waals surface area contributed by atoms with Gasteiger partial charge in [0.2, 0.25) is 0 Å². The van der Waals surface area contributed by atoms with E-state index in [0.717, 1.165) is 19.3 Å². The Hall–Kier alpha value is -1.51. The third kappa shape index (κ3) is 5.04. The molecule has 22 heavy (non-hydrogen) atoms. The molecule has 0 radical (unpaired) electrons.